The molecule has 0 saturated carbocycles. The van der Waals surface area contributed by atoms with Crippen molar-refractivity contribution in [3.05, 3.63) is 28.2 Å². The lowest BCUT2D eigenvalue weighted by molar-refractivity contribution is 0.152. The first kappa shape index (κ1) is 14.8. The summed E-state index contributed by atoms with van der Waals surface area (Å²) < 4.78 is 6.66. The molecule has 1 fully saturated rings. The Kier molecular flexibility index (Phi) is 5.67. The normalized spacial score (nSPS) is 18.2. The molecular formula is C15H23BrN2O. The van der Waals surface area contributed by atoms with Crippen LogP contribution in [0.5, 0.6) is 0 Å². The second kappa shape index (κ2) is 7.27. The third kappa shape index (κ3) is 4.20. The van der Waals surface area contributed by atoms with Gasteiger partial charge in [0.05, 0.1) is 6.61 Å². The average Bonchev–Trinajstić information content (AvgIpc) is 2.69. The number of hydrogen-bond acceptors (Lipinski definition) is 3. The summed E-state index contributed by atoms with van der Waals surface area (Å²) in [5, 5.41) is 0. The predicted octanol–water partition coefficient (Wildman–Crippen LogP) is 2.96. The smallest absolute Gasteiger partial charge is 0.0641 e. The molecule has 0 bridgehead atoms. The van der Waals surface area contributed by atoms with E-state index in [9.17, 15) is 0 Å². The summed E-state index contributed by atoms with van der Waals surface area (Å²) in [7, 11) is 0. The van der Waals surface area contributed by atoms with E-state index in [-0.39, 0.29) is 6.04 Å². The van der Waals surface area contributed by atoms with Gasteiger partial charge < -0.3 is 15.4 Å². The van der Waals surface area contributed by atoms with Gasteiger partial charge in [-0.2, -0.15) is 0 Å². The predicted molar refractivity (Wildman–Crippen MR) is 83.8 cm³/mol. The number of hydrogen-bond donors (Lipinski definition) is 1. The molecule has 1 saturated heterocycles. The van der Waals surface area contributed by atoms with Crippen LogP contribution in [0.1, 0.15) is 25.3 Å². The van der Waals surface area contributed by atoms with Gasteiger partial charge in [0.2, 0.25) is 0 Å². The second-order valence-electron chi connectivity index (χ2n) is 5.10. The zero-order chi connectivity index (χ0) is 13.7. The van der Waals surface area contributed by atoms with E-state index in [1.165, 1.54) is 15.7 Å². The zero-order valence-corrected chi connectivity index (χ0v) is 13.2. The highest BCUT2D eigenvalue weighted by molar-refractivity contribution is 9.10. The van der Waals surface area contributed by atoms with Gasteiger partial charge in [-0.3, -0.25) is 0 Å². The number of anilines is 1. The monoisotopic (exact) mass is 326 g/mol. The van der Waals surface area contributed by atoms with Crippen molar-refractivity contribution in [3.8, 4) is 0 Å². The van der Waals surface area contributed by atoms with Crippen LogP contribution in [0.3, 0.4) is 0 Å². The van der Waals surface area contributed by atoms with Crippen molar-refractivity contribution in [2.45, 2.75) is 32.2 Å². The van der Waals surface area contributed by atoms with E-state index in [4.69, 9.17) is 10.5 Å². The third-order valence-corrected chi connectivity index (χ3v) is 4.37. The Morgan fingerprint density at radius 1 is 1.37 bits per heavy atom. The lowest BCUT2D eigenvalue weighted by Crippen LogP contribution is -2.26. The highest BCUT2D eigenvalue weighted by atomic mass is 79.9. The minimum Gasteiger partial charge on any atom is -0.380 e. The van der Waals surface area contributed by atoms with E-state index in [0.29, 0.717) is 0 Å². The molecule has 1 heterocycles. The Labute approximate surface area is 124 Å². The minimum atomic E-state index is 0.244. The lowest BCUT2D eigenvalue weighted by atomic mass is 10.0. The molecule has 1 unspecified atom stereocenters. The maximum absolute atomic E-state index is 6.03. The van der Waals surface area contributed by atoms with Gasteiger partial charge >= 0.3 is 0 Å². The Morgan fingerprint density at radius 2 is 2.21 bits per heavy atom. The quantitative estimate of drug-likeness (QED) is 0.924. The fourth-order valence-electron chi connectivity index (χ4n) is 2.33. The van der Waals surface area contributed by atoms with Crippen LogP contribution in [-0.2, 0) is 11.2 Å². The summed E-state index contributed by atoms with van der Waals surface area (Å²) in [6.07, 6.45) is 3.04. The average molecular weight is 327 g/mol. The van der Waals surface area contributed by atoms with Gasteiger partial charge in [-0.25, -0.2) is 0 Å². The van der Waals surface area contributed by atoms with E-state index < -0.39 is 0 Å². The van der Waals surface area contributed by atoms with Crippen LogP contribution in [0, 0.1) is 0 Å². The Bertz CT molecular complexity index is 403. The summed E-state index contributed by atoms with van der Waals surface area (Å²) in [6.45, 7) is 5.87. The third-order valence-electron chi connectivity index (χ3n) is 3.63. The lowest BCUT2D eigenvalue weighted by Gasteiger charge is -2.23. The zero-order valence-electron chi connectivity index (χ0n) is 11.6. The van der Waals surface area contributed by atoms with Crippen LogP contribution in [0.25, 0.3) is 0 Å². The van der Waals surface area contributed by atoms with Crippen LogP contribution in [0.15, 0.2) is 22.7 Å². The molecule has 0 spiro atoms. The number of ether oxygens (including phenoxy) is 1. The molecule has 19 heavy (non-hydrogen) atoms. The Balaban J connectivity index is 2.08. The van der Waals surface area contributed by atoms with E-state index in [1.807, 2.05) is 0 Å². The fraction of sp³-hybridized carbons (Fsp3) is 0.600. The summed E-state index contributed by atoms with van der Waals surface area (Å²) in [6, 6.07) is 6.85. The van der Waals surface area contributed by atoms with Crippen molar-refractivity contribution in [2.24, 2.45) is 5.73 Å². The van der Waals surface area contributed by atoms with Crippen LogP contribution in [-0.4, -0.2) is 32.3 Å². The van der Waals surface area contributed by atoms with E-state index >= 15 is 0 Å². The standard InChI is InChI=1S/C15H23BrN2O/c1-2-13(17)10-12-4-5-14(11-15(12)16)18-6-3-8-19-9-7-18/h4-5,11,13H,2-3,6-10,17H2,1H3. The summed E-state index contributed by atoms with van der Waals surface area (Å²) in [5.74, 6) is 0. The molecule has 1 atom stereocenters. The molecule has 1 aromatic carbocycles. The number of rotatable bonds is 4. The number of halogens is 1. The van der Waals surface area contributed by atoms with Crippen molar-refractivity contribution in [1.29, 1.82) is 0 Å². The summed E-state index contributed by atoms with van der Waals surface area (Å²) in [5.41, 5.74) is 8.59. The van der Waals surface area contributed by atoms with Gasteiger partial charge in [0, 0.05) is 35.9 Å². The first-order valence-corrected chi connectivity index (χ1v) is 7.86. The molecule has 106 valence electrons. The summed E-state index contributed by atoms with van der Waals surface area (Å²) in [4.78, 5) is 2.39. The van der Waals surface area contributed by atoms with Gasteiger partial charge in [-0.15, -0.1) is 0 Å². The second-order valence-corrected chi connectivity index (χ2v) is 5.96. The van der Waals surface area contributed by atoms with Crippen molar-refractivity contribution in [3.63, 3.8) is 0 Å². The number of nitrogens with zero attached hydrogens (tertiary/aromatic N) is 1. The van der Waals surface area contributed by atoms with Crippen LogP contribution < -0.4 is 10.6 Å². The molecule has 1 aromatic rings. The molecule has 0 radical (unpaired) electrons. The van der Waals surface area contributed by atoms with E-state index in [1.54, 1.807) is 0 Å². The van der Waals surface area contributed by atoms with E-state index in [0.717, 1.165) is 45.6 Å². The van der Waals surface area contributed by atoms with Gasteiger partial charge in [0.25, 0.3) is 0 Å². The van der Waals surface area contributed by atoms with Gasteiger partial charge in [0.15, 0.2) is 0 Å². The Hall–Kier alpha value is -0.580. The molecule has 4 heteroatoms. The number of nitrogens with two attached hydrogens (primary N) is 1. The van der Waals surface area contributed by atoms with E-state index in [2.05, 4.69) is 46.0 Å². The molecule has 3 nitrogen and oxygen atoms in total. The fourth-order valence-corrected chi connectivity index (χ4v) is 2.86. The molecule has 0 aliphatic carbocycles. The highest BCUT2D eigenvalue weighted by Gasteiger charge is 2.12. The minimum absolute atomic E-state index is 0.244. The molecule has 2 N–H and O–H groups in total. The first-order chi connectivity index (χ1) is 9.20. The SMILES string of the molecule is CCC(N)Cc1ccc(N2CCCOCC2)cc1Br. The molecule has 1 aliphatic heterocycles. The molecule has 1 aliphatic rings. The van der Waals surface area contributed by atoms with Gasteiger partial charge in [-0.05, 0) is 37.0 Å². The van der Waals surface area contributed by atoms with Crippen molar-refractivity contribution in [2.75, 3.05) is 31.2 Å². The van der Waals surface area contributed by atoms with Crippen molar-refractivity contribution >= 4 is 21.6 Å². The summed E-state index contributed by atoms with van der Waals surface area (Å²) >= 11 is 3.68. The number of benzene rings is 1. The van der Waals surface area contributed by atoms with Crippen LogP contribution in [0.4, 0.5) is 5.69 Å². The maximum atomic E-state index is 6.03. The highest BCUT2D eigenvalue weighted by Crippen LogP contribution is 2.26. The Morgan fingerprint density at radius 3 is 2.95 bits per heavy atom. The maximum Gasteiger partial charge on any atom is 0.0641 e. The topological polar surface area (TPSA) is 38.5 Å². The van der Waals surface area contributed by atoms with Crippen LogP contribution >= 0.6 is 15.9 Å². The van der Waals surface area contributed by atoms with Gasteiger partial charge in [0.1, 0.15) is 0 Å². The molecule has 0 amide bonds. The van der Waals surface area contributed by atoms with Crippen LogP contribution in [0.2, 0.25) is 0 Å². The van der Waals surface area contributed by atoms with Gasteiger partial charge in [-0.1, -0.05) is 28.9 Å². The first-order valence-electron chi connectivity index (χ1n) is 7.07. The largest absolute Gasteiger partial charge is 0.380 e. The van der Waals surface area contributed by atoms with Crippen molar-refractivity contribution < 1.29 is 4.74 Å². The molecular weight excluding hydrogens is 304 g/mol. The molecule has 0 aromatic heterocycles. The molecule has 2 rings (SSSR count). The van der Waals surface area contributed by atoms with Crippen molar-refractivity contribution in [1.82, 2.24) is 0 Å².